The summed E-state index contributed by atoms with van der Waals surface area (Å²) in [5.41, 5.74) is 8.45. The molecule has 2 rings (SSSR count). The summed E-state index contributed by atoms with van der Waals surface area (Å²) >= 11 is 0. The van der Waals surface area contributed by atoms with Crippen molar-refractivity contribution in [3.8, 4) is 0 Å². The van der Waals surface area contributed by atoms with Crippen LogP contribution >= 0.6 is 0 Å². The first-order valence-corrected chi connectivity index (χ1v) is 7.10. The van der Waals surface area contributed by atoms with Crippen LogP contribution in [0.4, 0.5) is 11.4 Å². The molecule has 0 spiro atoms. The lowest BCUT2D eigenvalue weighted by atomic mass is 9.81. The molecule has 108 valence electrons. The average Bonchev–Trinajstić information content (AvgIpc) is 2.66. The van der Waals surface area contributed by atoms with E-state index in [4.69, 9.17) is 5.73 Å². The van der Waals surface area contributed by atoms with Gasteiger partial charge < -0.3 is 5.73 Å². The van der Waals surface area contributed by atoms with Crippen LogP contribution in [0.1, 0.15) is 44.2 Å². The van der Waals surface area contributed by atoms with Crippen LogP contribution in [-0.2, 0) is 9.59 Å². The first-order chi connectivity index (χ1) is 9.36. The smallest absolute Gasteiger partial charge is 0.240 e. The van der Waals surface area contributed by atoms with E-state index in [9.17, 15) is 9.59 Å². The molecule has 1 aliphatic heterocycles. The number of rotatable bonds is 3. The van der Waals surface area contributed by atoms with Crippen molar-refractivity contribution in [1.29, 1.82) is 0 Å². The van der Waals surface area contributed by atoms with Gasteiger partial charge >= 0.3 is 0 Å². The van der Waals surface area contributed by atoms with E-state index < -0.39 is 5.41 Å². The molecule has 4 nitrogen and oxygen atoms in total. The Kier molecular flexibility index (Phi) is 3.59. The Labute approximate surface area is 119 Å². The predicted octanol–water partition coefficient (Wildman–Crippen LogP) is 2.96. The first kappa shape index (κ1) is 14.6. The third-order valence-corrected chi connectivity index (χ3v) is 4.57. The Hall–Kier alpha value is -1.84. The largest absolute Gasteiger partial charge is 0.399 e. The van der Waals surface area contributed by atoms with Gasteiger partial charge in [0.2, 0.25) is 11.8 Å². The van der Waals surface area contributed by atoms with E-state index in [1.54, 1.807) is 0 Å². The quantitative estimate of drug-likeness (QED) is 0.681. The van der Waals surface area contributed by atoms with Gasteiger partial charge in [0, 0.05) is 12.1 Å². The molecular weight excluding hydrogens is 252 g/mol. The van der Waals surface area contributed by atoms with Crippen molar-refractivity contribution in [1.82, 2.24) is 0 Å². The minimum Gasteiger partial charge on any atom is -0.399 e. The second-order valence-corrected chi connectivity index (χ2v) is 5.69. The van der Waals surface area contributed by atoms with Crippen LogP contribution in [0.25, 0.3) is 0 Å². The van der Waals surface area contributed by atoms with Crippen LogP contribution in [0.2, 0.25) is 0 Å². The van der Waals surface area contributed by atoms with Gasteiger partial charge in [-0.05, 0) is 49.9 Å². The van der Waals surface area contributed by atoms with Gasteiger partial charge in [0.05, 0.1) is 11.1 Å². The van der Waals surface area contributed by atoms with Crippen molar-refractivity contribution >= 4 is 23.2 Å². The van der Waals surface area contributed by atoms with Crippen molar-refractivity contribution in [2.24, 2.45) is 5.41 Å². The molecule has 0 atom stereocenters. The van der Waals surface area contributed by atoms with Crippen molar-refractivity contribution < 1.29 is 9.59 Å². The van der Waals surface area contributed by atoms with E-state index in [1.807, 2.05) is 39.8 Å². The van der Waals surface area contributed by atoms with Gasteiger partial charge in [-0.3, -0.25) is 9.59 Å². The lowest BCUT2D eigenvalue weighted by molar-refractivity contribution is -0.126. The highest BCUT2D eigenvalue weighted by molar-refractivity contribution is 6.23. The molecule has 1 fully saturated rings. The van der Waals surface area contributed by atoms with Crippen LogP contribution in [0, 0.1) is 19.3 Å². The highest BCUT2D eigenvalue weighted by Gasteiger charge is 2.49. The maximum absolute atomic E-state index is 12.7. The molecule has 0 saturated carbocycles. The summed E-state index contributed by atoms with van der Waals surface area (Å²) in [6, 6.07) is 3.66. The van der Waals surface area contributed by atoms with Gasteiger partial charge in [-0.2, -0.15) is 0 Å². The molecular formula is C16H22N2O2. The molecule has 1 aromatic carbocycles. The van der Waals surface area contributed by atoms with Crippen molar-refractivity contribution in [3.05, 3.63) is 23.3 Å². The highest BCUT2D eigenvalue weighted by Crippen LogP contribution is 2.42. The molecule has 1 aromatic rings. The number of carbonyl (C=O) groups excluding carboxylic acids is 2. The molecule has 1 heterocycles. The fourth-order valence-corrected chi connectivity index (χ4v) is 2.90. The molecule has 20 heavy (non-hydrogen) atoms. The lowest BCUT2D eigenvalue weighted by Crippen LogP contribution is -2.35. The molecule has 2 N–H and O–H groups in total. The van der Waals surface area contributed by atoms with E-state index >= 15 is 0 Å². The molecule has 0 unspecified atom stereocenters. The summed E-state index contributed by atoms with van der Waals surface area (Å²) in [5, 5.41) is 0. The van der Waals surface area contributed by atoms with Crippen LogP contribution in [-0.4, -0.2) is 11.8 Å². The molecule has 1 saturated heterocycles. The van der Waals surface area contributed by atoms with Gasteiger partial charge in [0.1, 0.15) is 0 Å². The third kappa shape index (κ3) is 1.99. The Morgan fingerprint density at radius 1 is 1.15 bits per heavy atom. The molecule has 2 amide bonds. The van der Waals surface area contributed by atoms with Gasteiger partial charge in [0.15, 0.2) is 0 Å². The van der Waals surface area contributed by atoms with Gasteiger partial charge in [-0.15, -0.1) is 0 Å². The number of nitrogen functional groups attached to an aromatic ring is 1. The number of anilines is 2. The molecule has 0 aromatic heterocycles. The number of nitrogens with two attached hydrogens (primary N) is 1. The Balaban J connectivity index is 2.51. The summed E-state index contributed by atoms with van der Waals surface area (Å²) in [5.74, 6) is -0.175. The lowest BCUT2D eigenvalue weighted by Gasteiger charge is -2.24. The summed E-state index contributed by atoms with van der Waals surface area (Å²) in [7, 11) is 0. The second kappa shape index (κ2) is 4.93. The van der Waals surface area contributed by atoms with E-state index in [-0.39, 0.29) is 11.8 Å². The molecule has 0 aliphatic carbocycles. The fourth-order valence-electron chi connectivity index (χ4n) is 2.90. The zero-order chi connectivity index (χ0) is 15.1. The Bertz CT molecular complexity index is 574. The minimum absolute atomic E-state index is 0.0697. The van der Waals surface area contributed by atoms with Crippen LogP contribution in [0.5, 0.6) is 0 Å². The van der Waals surface area contributed by atoms with Crippen molar-refractivity contribution in [3.63, 3.8) is 0 Å². The molecule has 4 heteroatoms. The minimum atomic E-state index is -0.529. The van der Waals surface area contributed by atoms with Gasteiger partial charge in [-0.1, -0.05) is 13.8 Å². The average molecular weight is 274 g/mol. The molecule has 1 aliphatic rings. The third-order valence-electron chi connectivity index (χ3n) is 4.57. The van der Waals surface area contributed by atoms with Gasteiger partial charge in [-0.25, -0.2) is 4.90 Å². The summed E-state index contributed by atoms with van der Waals surface area (Å²) < 4.78 is 0. The van der Waals surface area contributed by atoms with Crippen LogP contribution in [0.15, 0.2) is 12.1 Å². The Morgan fingerprint density at radius 2 is 1.75 bits per heavy atom. The van der Waals surface area contributed by atoms with Crippen LogP contribution in [0.3, 0.4) is 0 Å². The van der Waals surface area contributed by atoms with E-state index in [1.165, 1.54) is 4.90 Å². The maximum Gasteiger partial charge on any atom is 0.240 e. The van der Waals surface area contributed by atoms with E-state index in [0.29, 0.717) is 30.6 Å². The number of imide groups is 1. The fraction of sp³-hybridized carbons (Fsp3) is 0.500. The van der Waals surface area contributed by atoms with Crippen LogP contribution < -0.4 is 10.6 Å². The summed E-state index contributed by atoms with van der Waals surface area (Å²) in [4.78, 5) is 26.4. The monoisotopic (exact) mass is 274 g/mol. The maximum atomic E-state index is 12.7. The SMILES string of the molecule is CCC1(CC)CC(=O)N(c2cc(C)c(N)cc2C)C1=O. The second-order valence-electron chi connectivity index (χ2n) is 5.69. The zero-order valence-electron chi connectivity index (χ0n) is 12.6. The van der Waals surface area contributed by atoms with E-state index in [2.05, 4.69) is 0 Å². The number of amides is 2. The number of aryl methyl sites for hydroxylation is 2. The first-order valence-electron chi connectivity index (χ1n) is 7.10. The summed E-state index contributed by atoms with van der Waals surface area (Å²) in [6.45, 7) is 7.71. The van der Waals surface area contributed by atoms with Crippen molar-refractivity contribution in [2.75, 3.05) is 10.6 Å². The number of nitrogens with zero attached hydrogens (tertiary/aromatic N) is 1. The zero-order valence-corrected chi connectivity index (χ0v) is 12.6. The normalized spacial score (nSPS) is 17.9. The number of hydrogen-bond acceptors (Lipinski definition) is 3. The topological polar surface area (TPSA) is 63.4 Å². The number of benzene rings is 1. The number of carbonyl (C=O) groups is 2. The molecule has 0 bridgehead atoms. The number of hydrogen-bond donors (Lipinski definition) is 1. The van der Waals surface area contributed by atoms with Gasteiger partial charge in [0.25, 0.3) is 0 Å². The molecule has 0 radical (unpaired) electrons. The van der Waals surface area contributed by atoms with Crippen molar-refractivity contribution in [2.45, 2.75) is 47.0 Å². The summed E-state index contributed by atoms with van der Waals surface area (Å²) in [6.07, 6.45) is 1.69. The van der Waals surface area contributed by atoms with E-state index in [0.717, 1.165) is 11.1 Å². The highest BCUT2D eigenvalue weighted by atomic mass is 16.2. The Morgan fingerprint density at radius 3 is 2.25 bits per heavy atom. The standard InChI is InChI=1S/C16H22N2O2/c1-5-16(6-2)9-14(19)18(15(16)20)13-8-10(3)12(17)7-11(13)4/h7-8H,5-6,9,17H2,1-4H3. The predicted molar refractivity (Wildman–Crippen MR) is 80.5 cm³/mol.